The van der Waals surface area contributed by atoms with Gasteiger partial charge in [-0.1, -0.05) is 42.5 Å². The van der Waals surface area contributed by atoms with Gasteiger partial charge in [0, 0.05) is 15.7 Å². The van der Waals surface area contributed by atoms with Gasteiger partial charge in [-0.2, -0.15) is 0 Å². The van der Waals surface area contributed by atoms with Gasteiger partial charge in [-0.05, 0) is 82.5 Å². The Labute approximate surface area is 200 Å². The molecule has 2 aromatic rings. The fourth-order valence-electron chi connectivity index (χ4n) is 6.18. The standard InChI is InChI=1S/C26H23IN2O3/c27-15-6-8-16(9-7-15)28-24(30)21(12-14-4-2-1-3-5-14)29-25(31)22-17-10-11-18(20-13-19(17)20)23(22)26(29)32/h1-11,17-23H,12-13H2,(H,28,30). The van der Waals surface area contributed by atoms with E-state index in [1.165, 1.54) is 4.90 Å². The highest BCUT2D eigenvalue weighted by Gasteiger charge is 2.67. The van der Waals surface area contributed by atoms with Gasteiger partial charge >= 0.3 is 0 Å². The van der Waals surface area contributed by atoms with Crippen LogP contribution < -0.4 is 5.32 Å². The fourth-order valence-corrected chi connectivity index (χ4v) is 6.54. The third kappa shape index (κ3) is 3.14. The molecule has 0 spiro atoms. The van der Waals surface area contributed by atoms with Crippen LogP contribution in [0.1, 0.15) is 12.0 Å². The average Bonchev–Trinajstić information content (AvgIpc) is 3.58. The molecule has 6 heteroatoms. The Morgan fingerprint density at radius 1 is 0.938 bits per heavy atom. The summed E-state index contributed by atoms with van der Waals surface area (Å²) in [6.45, 7) is 0. The third-order valence-corrected chi connectivity index (χ3v) is 8.41. The highest BCUT2D eigenvalue weighted by atomic mass is 127. The lowest BCUT2D eigenvalue weighted by molar-refractivity contribution is -0.146. The molecule has 1 heterocycles. The van der Waals surface area contributed by atoms with Crippen molar-refractivity contribution in [3.8, 4) is 0 Å². The van der Waals surface area contributed by atoms with Crippen molar-refractivity contribution in [1.29, 1.82) is 0 Å². The second-order valence-corrected chi connectivity index (χ2v) is 10.6. The number of amides is 3. The van der Waals surface area contributed by atoms with E-state index in [-0.39, 0.29) is 41.4 Å². The van der Waals surface area contributed by atoms with Gasteiger partial charge in [0.15, 0.2) is 0 Å². The predicted molar refractivity (Wildman–Crippen MR) is 128 cm³/mol. The molecule has 5 aliphatic rings. The number of hydrogen-bond acceptors (Lipinski definition) is 3. The summed E-state index contributed by atoms with van der Waals surface area (Å²) in [5, 5.41) is 2.94. The van der Waals surface area contributed by atoms with Gasteiger partial charge in [0.2, 0.25) is 17.7 Å². The summed E-state index contributed by atoms with van der Waals surface area (Å²) in [4.78, 5) is 42.0. The second-order valence-electron chi connectivity index (χ2n) is 9.40. The Kier molecular flexibility index (Phi) is 4.75. The normalized spacial score (nSPS) is 32.5. The maximum atomic E-state index is 13.6. The monoisotopic (exact) mass is 538 g/mol. The van der Waals surface area contributed by atoms with E-state index in [4.69, 9.17) is 0 Å². The number of nitrogens with zero attached hydrogens (tertiary/aromatic N) is 1. The van der Waals surface area contributed by atoms with Gasteiger partial charge in [0.1, 0.15) is 6.04 Å². The van der Waals surface area contributed by atoms with Crippen molar-refractivity contribution in [2.24, 2.45) is 35.5 Å². The molecule has 3 fully saturated rings. The zero-order valence-electron chi connectivity index (χ0n) is 17.4. The Hall–Kier alpha value is -2.48. The maximum absolute atomic E-state index is 13.6. The van der Waals surface area contributed by atoms with Crippen molar-refractivity contribution in [1.82, 2.24) is 4.90 Å². The van der Waals surface area contributed by atoms with Crippen LogP contribution in [0, 0.1) is 39.1 Å². The molecule has 7 unspecified atom stereocenters. The van der Waals surface area contributed by atoms with Crippen molar-refractivity contribution >= 4 is 46.0 Å². The average molecular weight is 538 g/mol. The summed E-state index contributed by atoms with van der Waals surface area (Å²) in [5.74, 6) is 0.123. The molecule has 2 saturated carbocycles. The number of anilines is 1. The number of rotatable bonds is 5. The van der Waals surface area contributed by atoms with E-state index in [0.29, 0.717) is 23.9 Å². The van der Waals surface area contributed by atoms with Crippen molar-refractivity contribution in [2.45, 2.75) is 18.9 Å². The van der Waals surface area contributed by atoms with Crippen LogP contribution in [0.15, 0.2) is 66.7 Å². The lowest BCUT2D eigenvalue weighted by atomic mass is 9.63. The molecule has 3 amide bonds. The Morgan fingerprint density at radius 2 is 1.53 bits per heavy atom. The molecular formula is C26H23IN2O3. The molecule has 0 aromatic heterocycles. The van der Waals surface area contributed by atoms with Crippen LogP contribution in [0.2, 0.25) is 0 Å². The smallest absolute Gasteiger partial charge is 0.248 e. The maximum Gasteiger partial charge on any atom is 0.248 e. The van der Waals surface area contributed by atoms with Crippen LogP contribution in [-0.2, 0) is 20.8 Å². The highest BCUT2D eigenvalue weighted by molar-refractivity contribution is 14.1. The summed E-state index contributed by atoms with van der Waals surface area (Å²) in [5.41, 5.74) is 1.59. The van der Waals surface area contributed by atoms with E-state index in [0.717, 1.165) is 15.6 Å². The van der Waals surface area contributed by atoms with Gasteiger partial charge in [-0.3, -0.25) is 19.3 Å². The summed E-state index contributed by atoms with van der Waals surface area (Å²) in [6.07, 6.45) is 5.75. The van der Waals surface area contributed by atoms with E-state index < -0.39 is 6.04 Å². The van der Waals surface area contributed by atoms with Crippen LogP contribution >= 0.6 is 22.6 Å². The van der Waals surface area contributed by atoms with Gasteiger partial charge < -0.3 is 5.32 Å². The number of nitrogens with one attached hydrogen (secondary N) is 1. The molecule has 7 atom stereocenters. The molecule has 5 nitrogen and oxygen atoms in total. The first-order valence-corrected chi connectivity index (χ1v) is 12.3. The lowest BCUT2D eigenvalue weighted by Gasteiger charge is -2.37. The zero-order valence-corrected chi connectivity index (χ0v) is 19.5. The van der Waals surface area contributed by atoms with E-state index >= 15 is 0 Å². The Morgan fingerprint density at radius 3 is 2.12 bits per heavy atom. The molecule has 0 radical (unpaired) electrons. The number of likely N-dealkylation sites (tertiary alicyclic amines) is 1. The topological polar surface area (TPSA) is 66.5 Å². The minimum atomic E-state index is -0.863. The molecule has 2 aromatic carbocycles. The number of benzene rings is 2. The fraction of sp³-hybridized carbons (Fsp3) is 0.346. The number of carbonyl (C=O) groups excluding carboxylic acids is 3. The molecule has 1 saturated heterocycles. The highest BCUT2D eigenvalue weighted by Crippen LogP contribution is 2.65. The first-order valence-electron chi connectivity index (χ1n) is 11.2. The van der Waals surface area contributed by atoms with Crippen LogP contribution in [0.4, 0.5) is 5.69 Å². The Balaban J connectivity index is 1.33. The summed E-state index contributed by atoms with van der Waals surface area (Å²) in [7, 11) is 0. The number of hydrogen-bond donors (Lipinski definition) is 1. The summed E-state index contributed by atoms with van der Waals surface area (Å²) < 4.78 is 1.07. The van der Waals surface area contributed by atoms with Gasteiger partial charge in [-0.15, -0.1) is 0 Å². The van der Waals surface area contributed by atoms with Crippen LogP contribution in [0.25, 0.3) is 0 Å². The molecule has 32 heavy (non-hydrogen) atoms. The molecular weight excluding hydrogens is 515 g/mol. The molecule has 1 N–H and O–H groups in total. The van der Waals surface area contributed by atoms with Gasteiger partial charge in [0.05, 0.1) is 11.8 Å². The van der Waals surface area contributed by atoms with Crippen molar-refractivity contribution < 1.29 is 14.4 Å². The quantitative estimate of drug-likeness (QED) is 0.357. The molecule has 162 valence electrons. The molecule has 1 aliphatic heterocycles. The summed E-state index contributed by atoms with van der Waals surface area (Å²) >= 11 is 2.21. The minimum Gasteiger partial charge on any atom is -0.324 e. The number of carbonyl (C=O) groups is 3. The number of imide groups is 1. The lowest BCUT2D eigenvalue weighted by Crippen LogP contribution is -2.49. The predicted octanol–water partition coefficient (Wildman–Crippen LogP) is 3.89. The zero-order chi connectivity index (χ0) is 22.0. The third-order valence-electron chi connectivity index (χ3n) is 7.69. The van der Waals surface area contributed by atoms with Gasteiger partial charge in [-0.25, -0.2) is 0 Å². The van der Waals surface area contributed by atoms with Gasteiger partial charge in [0.25, 0.3) is 0 Å². The van der Waals surface area contributed by atoms with Crippen molar-refractivity contribution in [3.05, 3.63) is 75.9 Å². The first-order chi connectivity index (χ1) is 15.5. The van der Waals surface area contributed by atoms with Crippen LogP contribution in [-0.4, -0.2) is 28.7 Å². The largest absolute Gasteiger partial charge is 0.324 e. The Bertz CT molecular complexity index is 1090. The van der Waals surface area contributed by atoms with E-state index in [1.807, 2.05) is 54.6 Å². The van der Waals surface area contributed by atoms with Crippen molar-refractivity contribution in [2.75, 3.05) is 5.32 Å². The molecule has 7 rings (SSSR count). The molecule has 4 aliphatic carbocycles. The van der Waals surface area contributed by atoms with Crippen LogP contribution in [0.3, 0.4) is 0 Å². The number of halogens is 1. The number of allylic oxidation sites excluding steroid dienone is 2. The summed E-state index contributed by atoms with van der Waals surface area (Å²) in [6, 6.07) is 16.3. The van der Waals surface area contributed by atoms with E-state index in [2.05, 4.69) is 40.1 Å². The minimum absolute atomic E-state index is 0.146. The SMILES string of the molecule is O=C(Nc1ccc(I)cc1)C(Cc1ccccc1)N1C(=O)C2C3C=CC(C4CC34)C2C1=O. The van der Waals surface area contributed by atoms with Crippen LogP contribution in [0.5, 0.6) is 0 Å². The van der Waals surface area contributed by atoms with E-state index in [1.54, 1.807) is 0 Å². The van der Waals surface area contributed by atoms with E-state index in [9.17, 15) is 14.4 Å². The first kappa shape index (κ1) is 20.1. The van der Waals surface area contributed by atoms with Crippen molar-refractivity contribution in [3.63, 3.8) is 0 Å². The molecule has 2 bridgehead atoms. The second kappa shape index (κ2) is 7.54.